The number of hydrogen-bond donors (Lipinski definition) is 0. The average Bonchev–Trinajstić information content (AvgIpc) is 2.72. The Kier molecular flexibility index (Phi) is 6.17. The van der Waals surface area contributed by atoms with E-state index in [0.717, 1.165) is 54.6 Å². The van der Waals surface area contributed by atoms with Crippen molar-refractivity contribution in [3.8, 4) is 0 Å². The number of alkyl halides is 3. The lowest BCUT2D eigenvalue weighted by Gasteiger charge is -2.44. The fourth-order valence-electron chi connectivity index (χ4n) is 4.61. The molecule has 0 heterocycles. The van der Waals surface area contributed by atoms with Crippen LogP contribution >= 0.6 is 0 Å². The maximum atomic E-state index is 14.4. The normalized spacial score (nSPS) is 12.1. The molecule has 4 aromatic carbocycles. The first-order valence-corrected chi connectivity index (χ1v) is 10.1. The minimum Gasteiger partial charge on any atom is -0.207 e. The zero-order chi connectivity index (χ0) is 25.5. The molecule has 0 bridgehead atoms. The molecule has 0 aliphatic rings. The maximum Gasteiger partial charge on any atom is 0.416 e. The summed E-state index contributed by atoms with van der Waals surface area (Å²) in [5, 5.41) is 0. The summed E-state index contributed by atoms with van der Waals surface area (Å²) in [6.45, 7) is 0. The molecule has 0 radical (unpaired) electrons. The van der Waals surface area contributed by atoms with Crippen LogP contribution in [0.2, 0.25) is 0 Å². The lowest BCUT2D eigenvalue weighted by atomic mass is 9.13. The molecule has 0 aromatic heterocycles. The highest BCUT2D eigenvalue weighted by molar-refractivity contribution is 7.19. The summed E-state index contributed by atoms with van der Waals surface area (Å²) >= 11 is 0. The van der Waals surface area contributed by atoms with Gasteiger partial charge in [-0.2, -0.15) is 35.0 Å². The van der Waals surface area contributed by atoms with Crippen molar-refractivity contribution >= 4 is 28.0 Å². The van der Waals surface area contributed by atoms with Crippen molar-refractivity contribution < 1.29 is 39.5 Å². The van der Waals surface area contributed by atoms with Gasteiger partial charge in [0.2, 0.25) is 0 Å². The monoisotopic (exact) mass is 495 g/mol. The molecule has 35 heavy (non-hydrogen) atoms. The van der Waals surface area contributed by atoms with Crippen LogP contribution in [0, 0.1) is 34.9 Å². The predicted octanol–water partition coefficient (Wildman–Crippen LogP) is 4.92. The molecular weight excluding hydrogens is 482 g/mol. The molecule has 0 amide bonds. The van der Waals surface area contributed by atoms with Gasteiger partial charge < -0.3 is 0 Å². The first kappa shape index (κ1) is 24.4. The van der Waals surface area contributed by atoms with Crippen molar-refractivity contribution in [1.29, 1.82) is 0 Å². The summed E-state index contributed by atoms with van der Waals surface area (Å²) in [5.74, 6) is -6.96. The van der Waals surface area contributed by atoms with E-state index < -0.39 is 69.2 Å². The highest BCUT2D eigenvalue weighted by Crippen LogP contribution is 2.29. The van der Waals surface area contributed by atoms with Gasteiger partial charge in [0.25, 0.3) is 0 Å². The Morgan fingerprint density at radius 1 is 0.429 bits per heavy atom. The second-order valence-electron chi connectivity index (χ2n) is 8.10. The lowest BCUT2D eigenvalue weighted by Crippen LogP contribution is -2.75. The van der Waals surface area contributed by atoms with Gasteiger partial charge >= 0.3 is 6.18 Å². The van der Waals surface area contributed by atoms with Gasteiger partial charge in [0.15, 0.2) is 0 Å². The Bertz CT molecular complexity index is 1230. The molecule has 0 aliphatic carbocycles. The van der Waals surface area contributed by atoms with E-state index >= 15 is 0 Å². The van der Waals surface area contributed by atoms with Crippen LogP contribution in [0.4, 0.5) is 39.5 Å². The molecular formula is C25H13BF9-. The number of rotatable bonds is 4. The third-order valence-corrected chi connectivity index (χ3v) is 5.87. The van der Waals surface area contributed by atoms with E-state index in [2.05, 4.69) is 0 Å². The van der Waals surface area contributed by atoms with Gasteiger partial charge in [-0.25, -0.2) is 26.3 Å². The number of benzene rings is 4. The van der Waals surface area contributed by atoms with Gasteiger partial charge in [-0.15, -0.1) is 0 Å². The highest BCUT2D eigenvalue weighted by Gasteiger charge is 2.37. The molecule has 0 atom stereocenters. The third kappa shape index (κ3) is 4.65. The Labute approximate surface area is 193 Å². The topological polar surface area (TPSA) is 0 Å². The molecule has 0 spiro atoms. The van der Waals surface area contributed by atoms with Crippen molar-refractivity contribution in [1.82, 2.24) is 0 Å². The first-order valence-electron chi connectivity index (χ1n) is 10.1. The minimum atomic E-state index is -4.87. The van der Waals surface area contributed by atoms with Crippen molar-refractivity contribution in [3.63, 3.8) is 0 Å². The summed E-state index contributed by atoms with van der Waals surface area (Å²) < 4.78 is 127. The zero-order valence-electron chi connectivity index (χ0n) is 17.5. The molecule has 10 heteroatoms. The van der Waals surface area contributed by atoms with Crippen molar-refractivity contribution in [2.75, 3.05) is 0 Å². The van der Waals surface area contributed by atoms with Gasteiger partial charge in [0.1, 0.15) is 41.0 Å². The van der Waals surface area contributed by atoms with Crippen LogP contribution in [0.1, 0.15) is 5.56 Å². The van der Waals surface area contributed by atoms with Crippen molar-refractivity contribution in [2.45, 2.75) is 6.18 Å². The molecule has 0 saturated heterocycles. The van der Waals surface area contributed by atoms with Gasteiger partial charge in [-0.3, -0.25) is 0 Å². The fourth-order valence-corrected chi connectivity index (χ4v) is 4.61. The summed E-state index contributed by atoms with van der Waals surface area (Å²) in [6.07, 6.45) is -8.21. The van der Waals surface area contributed by atoms with Crippen LogP contribution in [-0.4, -0.2) is 6.15 Å². The van der Waals surface area contributed by atoms with E-state index in [-0.39, 0.29) is 5.46 Å². The summed E-state index contributed by atoms with van der Waals surface area (Å²) in [4.78, 5) is 0. The molecule has 0 N–H and O–H groups in total. The van der Waals surface area contributed by atoms with E-state index in [1.54, 1.807) is 0 Å². The average molecular weight is 495 g/mol. The largest absolute Gasteiger partial charge is 0.416 e. The molecule has 0 unspecified atom stereocenters. The second kappa shape index (κ2) is 8.83. The third-order valence-electron chi connectivity index (χ3n) is 5.87. The van der Waals surface area contributed by atoms with Crippen LogP contribution in [0.15, 0.2) is 78.9 Å². The smallest absolute Gasteiger partial charge is 0.207 e. The fraction of sp³-hybridized carbons (Fsp3) is 0.0400. The number of hydrogen-bond acceptors (Lipinski definition) is 0. The van der Waals surface area contributed by atoms with Gasteiger partial charge in [-0.05, 0) is 0 Å². The standard InChI is InChI=1S/C25H13BF9/c27-19-5-16(6-20(28)11-19)26(17-7-21(29)12-22(30)8-17,18-9-23(31)13-24(32)10-18)15-3-1-2-14(4-15)25(33,34)35/h1-13H/q-1. The Hall–Kier alpha value is -3.69. The Morgan fingerprint density at radius 2 is 0.771 bits per heavy atom. The van der Waals surface area contributed by atoms with Crippen LogP contribution in [-0.2, 0) is 6.18 Å². The van der Waals surface area contributed by atoms with E-state index in [9.17, 15) is 39.5 Å². The molecule has 0 aliphatic heterocycles. The van der Waals surface area contributed by atoms with E-state index in [1.807, 2.05) is 0 Å². The second-order valence-corrected chi connectivity index (χ2v) is 8.10. The molecule has 4 rings (SSSR count). The Balaban J connectivity index is 2.26. The molecule has 0 fully saturated rings. The van der Waals surface area contributed by atoms with E-state index in [1.165, 1.54) is 0 Å². The van der Waals surface area contributed by atoms with Gasteiger partial charge in [-0.1, -0.05) is 60.7 Å². The van der Waals surface area contributed by atoms with Gasteiger partial charge in [0.05, 0.1) is 5.56 Å². The van der Waals surface area contributed by atoms with Gasteiger partial charge in [0, 0.05) is 18.2 Å². The molecule has 180 valence electrons. The van der Waals surface area contributed by atoms with Crippen LogP contribution in [0.3, 0.4) is 0 Å². The molecule has 0 saturated carbocycles. The predicted molar refractivity (Wildman–Crippen MR) is 115 cm³/mol. The van der Waals surface area contributed by atoms with Crippen LogP contribution in [0.25, 0.3) is 0 Å². The molecule has 0 nitrogen and oxygen atoms in total. The minimum absolute atomic E-state index is 0.333. The lowest BCUT2D eigenvalue weighted by molar-refractivity contribution is -0.137. The van der Waals surface area contributed by atoms with Crippen molar-refractivity contribution in [3.05, 3.63) is 119 Å². The molecule has 4 aromatic rings. The van der Waals surface area contributed by atoms with Crippen LogP contribution < -0.4 is 21.9 Å². The van der Waals surface area contributed by atoms with Crippen molar-refractivity contribution in [2.24, 2.45) is 0 Å². The highest BCUT2D eigenvalue weighted by atomic mass is 19.4. The summed E-state index contributed by atoms with van der Waals surface area (Å²) in [7, 11) is 0. The number of halogens is 9. The maximum absolute atomic E-state index is 14.4. The summed E-state index contributed by atoms with van der Waals surface area (Å²) in [6, 6.07) is 9.36. The first-order chi connectivity index (χ1) is 16.4. The van der Waals surface area contributed by atoms with E-state index in [4.69, 9.17) is 0 Å². The zero-order valence-corrected chi connectivity index (χ0v) is 17.5. The van der Waals surface area contributed by atoms with Crippen LogP contribution in [0.5, 0.6) is 0 Å². The van der Waals surface area contributed by atoms with E-state index in [0.29, 0.717) is 24.3 Å². The summed E-state index contributed by atoms with van der Waals surface area (Å²) in [5.41, 5.74) is -2.70. The SMILES string of the molecule is Fc1cc(F)cc([B-](c2cc(F)cc(F)c2)(c2cc(F)cc(F)c2)c2cccc(C(F)(F)F)c2)c1. The Morgan fingerprint density at radius 3 is 1.09 bits per heavy atom. The quantitative estimate of drug-likeness (QED) is 0.279.